The highest BCUT2D eigenvalue weighted by molar-refractivity contribution is 5.85. The molecule has 1 unspecified atom stereocenters. The number of ether oxygens (including phenoxy) is 2. The SMILES string of the molecule is CCCCCC(N)Cc1ccc(OC)c(OCCc2ccccc2)c1.Cl. The highest BCUT2D eigenvalue weighted by atomic mass is 35.5. The first-order chi connectivity index (χ1) is 12.2. The van der Waals surface area contributed by atoms with Crippen molar-refractivity contribution >= 4 is 12.4 Å². The lowest BCUT2D eigenvalue weighted by molar-refractivity contribution is 0.297. The Hall–Kier alpha value is -1.71. The zero-order valence-corrected chi connectivity index (χ0v) is 16.8. The number of halogens is 1. The van der Waals surface area contributed by atoms with E-state index in [9.17, 15) is 0 Å². The number of benzene rings is 2. The van der Waals surface area contributed by atoms with Gasteiger partial charge >= 0.3 is 0 Å². The molecule has 0 amide bonds. The van der Waals surface area contributed by atoms with Crippen LogP contribution in [0.5, 0.6) is 11.5 Å². The van der Waals surface area contributed by atoms with Gasteiger partial charge in [0, 0.05) is 12.5 Å². The molecular formula is C22H32ClNO2. The summed E-state index contributed by atoms with van der Waals surface area (Å²) in [6.07, 6.45) is 6.52. The number of hydrogen-bond acceptors (Lipinski definition) is 3. The molecule has 0 radical (unpaired) electrons. The van der Waals surface area contributed by atoms with Crippen LogP contribution in [0.4, 0.5) is 0 Å². The van der Waals surface area contributed by atoms with Gasteiger partial charge in [0.25, 0.3) is 0 Å². The first-order valence-corrected chi connectivity index (χ1v) is 9.32. The zero-order valence-electron chi connectivity index (χ0n) is 15.9. The summed E-state index contributed by atoms with van der Waals surface area (Å²) in [6, 6.07) is 16.7. The first kappa shape index (κ1) is 22.3. The van der Waals surface area contributed by atoms with E-state index in [0.717, 1.165) is 30.8 Å². The minimum Gasteiger partial charge on any atom is -0.493 e. The Balaban J connectivity index is 0.00000338. The quantitative estimate of drug-likeness (QED) is 0.548. The van der Waals surface area contributed by atoms with Gasteiger partial charge in [0.15, 0.2) is 11.5 Å². The summed E-state index contributed by atoms with van der Waals surface area (Å²) in [5.74, 6) is 1.58. The Morgan fingerprint density at radius 3 is 2.42 bits per heavy atom. The van der Waals surface area contributed by atoms with Crippen molar-refractivity contribution in [2.45, 2.75) is 51.5 Å². The molecular weight excluding hydrogens is 346 g/mol. The Bertz CT molecular complexity index is 619. The fraction of sp³-hybridized carbons (Fsp3) is 0.455. The van der Waals surface area contributed by atoms with Crippen molar-refractivity contribution < 1.29 is 9.47 Å². The Morgan fingerprint density at radius 1 is 0.962 bits per heavy atom. The minimum atomic E-state index is 0. The largest absolute Gasteiger partial charge is 0.493 e. The second-order valence-corrected chi connectivity index (χ2v) is 6.53. The molecule has 144 valence electrons. The topological polar surface area (TPSA) is 44.5 Å². The standard InChI is InChI=1S/C22H31NO2.ClH/c1-3-4-6-11-20(23)16-19-12-13-21(24-2)22(17-19)25-15-14-18-9-7-5-8-10-18;/h5,7-10,12-13,17,20H,3-4,6,11,14-16,23H2,1-2H3;1H. The number of unbranched alkanes of at least 4 members (excludes halogenated alkanes) is 2. The van der Waals surface area contributed by atoms with Crippen molar-refractivity contribution in [3.8, 4) is 11.5 Å². The summed E-state index contributed by atoms with van der Waals surface area (Å²) in [6.45, 7) is 2.85. The molecule has 0 aliphatic heterocycles. The van der Waals surface area contributed by atoms with Crippen LogP contribution in [-0.4, -0.2) is 19.8 Å². The summed E-state index contributed by atoms with van der Waals surface area (Å²) in [5.41, 5.74) is 8.75. The van der Waals surface area contributed by atoms with Gasteiger partial charge in [-0.25, -0.2) is 0 Å². The second kappa shape index (κ2) is 12.6. The van der Waals surface area contributed by atoms with Crippen molar-refractivity contribution in [1.82, 2.24) is 0 Å². The Labute approximate surface area is 164 Å². The molecule has 2 N–H and O–H groups in total. The van der Waals surface area contributed by atoms with E-state index in [2.05, 4.69) is 43.3 Å². The van der Waals surface area contributed by atoms with Crippen LogP contribution in [-0.2, 0) is 12.8 Å². The predicted molar refractivity (Wildman–Crippen MR) is 112 cm³/mol. The number of rotatable bonds is 11. The fourth-order valence-electron chi connectivity index (χ4n) is 2.95. The van der Waals surface area contributed by atoms with Crippen LogP contribution in [0, 0.1) is 0 Å². The molecule has 26 heavy (non-hydrogen) atoms. The normalized spacial score (nSPS) is 11.5. The van der Waals surface area contributed by atoms with Crippen molar-refractivity contribution in [3.05, 3.63) is 59.7 Å². The van der Waals surface area contributed by atoms with Crippen molar-refractivity contribution in [1.29, 1.82) is 0 Å². The van der Waals surface area contributed by atoms with Gasteiger partial charge in [-0.1, -0.05) is 62.6 Å². The number of hydrogen-bond donors (Lipinski definition) is 1. The van der Waals surface area contributed by atoms with Crippen LogP contribution < -0.4 is 15.2 Å². The maximum atomic E-state index is 6.27. The maximum absolute atomic E-state index is 6.27. The van der Waals surface area contributed by atoms with Gasteiger partial charge in [0.05, 0.1) is 13.7 Å². The highest BCUT2D eigenvalue weighted by Gasteiger charge is 2.09. The summed E-state index contributed by atoms with van der Waals surface area (Å²) in [5, 5.41) is 0. The molecule has 0 bridgehead atoms. The number of methoxy groups -OCH3 is 1. The molecule has 0 aromatic heterocycles. The minimum absolute atomic E-state index is 0. The Morgan fingerprint density at radius 2 is 1.73 bits per heavy atom. The second-order valence-electron chi connectivity index (χ2n) is 6.53. The van der Waals surface area contributed by atoms with E-state index in [4.69, 9.17) is 15.2 Å². The van der Waals surface area contributed by atoms with Crippen LogP contribution in [0.1, 0.15) is 43.7 Å². The van der Waals surface area contributed by atoms with Crippen LogP contribution >= 0.6 is 12.4 Å². The zero-order chi connectivity index (χ0) is 17.9. The molecule has 0 saturated heterocycles. The third-order valence-corrected chi connectivity index (χ3v) is 4.40. The number of nitrogens with two attached hydrogens (primary N) is 1. The Kier molecular flexibility index (Phi) is 10.8. The van der Waals surface area contributed by atoms with Gasteiger partial charge in [0.2, 0.25) is 0 Å². The van der Waals surface area contributed by atoms with E-state index in [-0.39, 0.29) is 18.4 Å². The average molecular weight is 378 g/mol. The van der Waals surface area contributed by atoms with Gasteiger partial charge in [-0.2, -0.15) is 0 Å². The lowest BCUT2D eigenvalue weighted by atomic mass is 10.0. The summed E-state index contributed by atoms with van der Waals surface area (Å²) < 4.78 is 11.4. The fourth-order valence-corrected chi connectivity index (χ4v) is 2.95. The summed E-state index contributed by atoms with van der Waals surface area (Å²) in [4.78, 5) is 0. The maximum Gasteiger partial charge on any atom is 0.161 e. The molecule has 2 rings (SSSR count). The van der Waals surface area contributed by atoms with Crippen molar-refractivity contribution in [2.75, 3.05) is 13.7 Å². The molecule has 2 aromatic carbocycles. The van der Waals surface area contributed by atoms with E-state index in [1.807, 2.05) is 12.1 Å². The van der Waals surface area contributed by atoms with Gasteiger partial charge in [-0.05, 0) is 36.1 Å². The summed E-state index contributed by atoms with van der Waals surface area (Å²) >= 11 is 0. The van der Waals surface area contributed by atoms with Gasteiger partial charge < -0.3 is 15.2 Å². The lowest BCUT2D eigenvalue weighted by Gasteiger charge is -2.15. The van der Waals surface area contributed by atoms with E-state index in [0.29, 0.717) is 6.61 Å². The molecule has 0 heterocycles. The van der Waals surface area contributed by atoms with E-state index >= 15 is 0 Å². The van der Waals surface area contributed by atoms with Gasteiger partial charge in [-0.15, -0.1) is 12.4 Å². The predicted octanol–water partition coefficient (Wildman–Crippen LogP) is 5.19. The molecule has 2 aromatic rings. The van der Waals surface area contributed by atoms with E-state index in [1.165, 1.54) is 30.4 Å². The summed E-state index contributed by atoms with van der Waals surface area (Å²) in [7, 11) is 1.68. The third kappa shape index (κ3) is 7.67. The molecule has 0 aliphatic carbocycles. The molecule has 4 heteroatoms. The van der Waals surface area contributed by atoms with E-state index in [1.54, 1.807) is 7.11 Å². The van der Waals surface area contributed by atoms with E-state index < -0.39 is 0 Å². The average Bonchev–Trinajstić information content (AvgIpc) is 2.63. The van der Waals surface area contributed by atoms with Gasteiger partial charge in [0.1, 0.15) is 0 Å². The monoisotopic (exact) mass is 377 g/mol. The lowest BCUT2D eigenvalue weighted by Crippen LogP contribution is -2.22. The third-order valence-electron chi connectivity index (χ3n) is 4.40. The molecule has 1 atom stereocenters. The molecule has 0 saturated carbocycles. The molecule has 3 nitrogen and oxygen atoms in total. The van der Waals surface area contributed by atoms with Gasteiger partial charge in [-0.3, -0.25) is 0 Å². The first-order valence-electron chi connectivity index (χ1n) is 9.32. The van der Waals surface area contributed by atoms with Crippen LogP contribution in [0.3, 0.4) is 0 Å². The highest BCUT2D eigenvalue weighted by Crippen LogP contribution is 2.29. The van der Waals surface area contributed by atoms with Crippen LogP contribution in [0.15, 0.2) is 48.5 Å². The van der Waals surface area contributed by atoms with Crippen LogP contribution in [0.25, 0.3) is 0 Å². The van der Waals surface area contributed by atoms with Crippen molar-refractivity contribution in [3.63, 3.8) is 0 Å². The molecule has 0 fully saturated rings. The van der Waals surface area contributed by atoms with Crippen LogP contribution in [0.2, 0.25) is 0 Å². The smallest absolute Gasteiger partial charge is 0.161 e. The molecule has 0 aliphatic rings. The molecule has 0 spiro atoms. The van der Waals surface area contributed by atoms with Crippen molar-refractivity contribution in [2.24, 2.45) is 5.73 Å².